The minimum absolute atomic E-state index is 0.0755. The summed E-state index contributed by atoms with van der Waals surface area (Å²) >= 11 is 0. The highest BCUT2D eigenvalue weighted by Gasteiger charge is 2.21. The number of carbonyl (C=O) groups excluding carboxylic acids is 1. The molecule has 0 aromatic heterocycles. The zero-order valence-electron chi connectivity index (χ0n) is 11.4. The highest BCUT2D eigenvalue weighted by Crippen LogP contribution is 2.17. The van der Waals surface area contributed by atoms with Crippen LogP contribution in [0.15, 0.2) is 0 Å². The van der Waals surface area contributed by atoms with Crippen molar-refractivity contribution in [3.8, 4) is 0 Å². The molecule has 2 aliphatic rings. The predicted octanol–water partition coefficient (Wildman–Crippen LogP) is 1.45. The summed E-state index contributed by atoms with van der Waals surface area (Å²) in [6.45, 7) is 4.64. The third kappa shape index (κ3) is 4.25. The number of hydrogen-bond donors (Lipinski definition) is 2. The van der Waals surface area contributed by atoms with Gasteiger partial charge in [0, 0.05) is 19.3 Å². The lowest BCUT2D eigenvalue weighted by atomic mass is 10.00. The number of nitrogens with one attached hydrogen (secondary N) is 2. The van der Waals surface area contributed by atoms with Crippen LogP contribution >= 0.6 is 0 Å². The molecule has 1 aliphatic carbocycles. The molecule has 1 heterocycles. The van der Waals surface area contributed by atoms with E-state index in [1.807, 2.05) is 6.92 Å². The van der Waals surface area contributed by atoms with Crippen molar-refractivity contribution in [3.05, 3.63) is 0 Å². The fourth-order valence-electron chi connectivity index (χ4n) is 2.78. The average Bonchev–Trinajstić information content (AvgIpc) is 2.90. The molecule has 0 aromatic rings. The maximum Gasteiger partial charge on any atom is 0.237 e. The Morgan fingerprint density at radius 3 is 2.56 bits per heavy atom. The van der Waals surface area contributed by atoms with Crippen LogP contribution in [0.1, 0.15) is 45.4 Å². The molecule has 2 N–H and O–H groups in total. The van der Waals surface area contributed by atoms with Gasteiger partial charge in [-0.05, 0) is 45.1 Å². The van der Waals surface area contributed by atoms with E-state index in [-0.39, 0.29) is 11.9 Å². The number of ether oxygens (including phenoxy) is 1. The van der Waals surface area contributed by atoms with Crippen LogP contribution < -0.4 is 10.6 Å². The Kier molecular flexibility index (Phi) is 5.45. The van der Waals surface area contributed by atoms with E-state index in [1.54, 1.807) is 0 Å². The van der Waals surface area contributed by atoms with Gasteiger partial charge in [0.25, 0.3) is 0 Å². The summed E-state index contributed by atoms with van der Waals surface area (Å²) in [5.74, 6) is 0.828. The Morgan fingerprint density at radius 1 is 1.22 bits per heavy atom. The minimum Gasteiger partial charge on any atom is -0.381 e. The molecule has 1 unspecified atom stereocenters. The quantitative estimate of drug-likeness (QED) is 0.781. The topological polar surface area (TPSA) is 50.4 Å². The van der Waals surface area contributed by atoms with E-state index >= 15 is 0 Å². The molecule has 1 amide bonds. The van der Waals surface area contributed by atoms with Crippen molar-refractivity contribution in [2.45, 2.75) is 57.5 Å². The molecule has 0 bridgehead atoms. The molecule has 0 spiro atoms. The minimum atomic E-state index is -0.0755. The summed E-state index contributed by atoms with van der Waals surface area (Å²) < 4.78 is 5.34. The average molecular weight is 254 g/mol. The summed E-state index contributed by atoms with van der Waals surface area (Å²) in [5, 5.41) is 6.50. The van der Waals surface area contributed by atoms with Gasteiger partial charge in [-0.1, -0.05) is 12.8 Å². The van der Waals surface area contributed by atoms with Gasteiger partial charge < -0.3 is 15.4 Å². The maximum atomic E-state index is 12.0. The van der Waals surface area contributed by atoms with Crippen molar-refractivity contribution in [3.63, 3.8) is 0 Å². The molecule has 2 fully saturated rings. The highest BCUT2D eigenvalue weighted by atomic mass is 16.5. The first-order valence-electron chi connectivity index (χ1n) is 7.37. The van der Waals surface area contributed by atoms with Crippen LogP contribution in [0.5, 0.6) is 0 Å². The fraction of sp³-hybridized carbons (Fsp3) is 0.929. The molecule has 1 saturated heterocycles. The second-order valence-corrected chi connectivity index (χ2v) is 5.68. The third-order valence-electron chi connectivity index (χ3n) is 4.15. The number of hydrogen-bond acceptors (Lipinski definition) is 3. The standard InChI is InChI=1S/C14H26N2O2/c1-11(14(17)16-13-4-2-3-5-13)15-10-12-6-8-18-9-7-12/h11-13,15H,2-10H2,1H3,(H,16,17). The van der Waals surface area contributed by atoms with Gasteiger partial charge in [0.05, 0.1) is 6.04 Å². The number of carbonyl (C=O) groups is 1. The molecule has 0 aromatic carbocycles. The molecule has 0 radical (unpaired) electrons. The highest BCUT2D eigenvalue weighted by molar-refractivity contribution is 5.81. The fourth-order valence-corrected chi connectivity index (χ4v) is 2.78. The summed E-state index contributed by atoms with van der Waals surface area (Å²) in [7, 11) is 0. The van der Waals surface area contributed by atoms with Gasteiger partial charge in [0.15, 0.2) is 0 Å². The Hall–Kier alpha value is -0.610. The van der Waals surface area contributed by atoms with E-state index in [2.05, 4.69) is 10.6 Å². The van der Waals surface area contributed by atoms with Gasteiger partial charge in [-0.15, -0.1) is 0 Å². The molecular formula is C14H26N2O2. The normalized spacial score (nSPS) is 24.1. The molecule has 4 heteroatoms. The summed E-state index contributed by atoms with van der Waals surface area (Å²) in [4.78, 5) is 12.0. The second-order valence-electron chi connectivity index (χ2n) is 5.68. The smallest absolute Gasteiger partial charge is 0.237 e. The zero-order valence-corrected chi connectivity index (χ0v) is 11.4. The first kappa shape index (κ1) is 13.8. The van der Waals surface area contributed by atoms with E-state index in [0.29, 0.717) is 12.0 Å². The van der Waals surface area contributed by atoms with Crippen molar-refractivity contribution in [1.82, 2.24) is 10.6 Å². The number of rotatable bonds is 5. The van der Waals surface area contributed by atoms with Crippen molar-refractivity contribution < 1.29 is 9.53 Å². The largest absolute Gasteiger partial charge is 0.381 e. The Bertz CT molecular complexity index is 259. The van der Waals surface area contributed by atoms with Crippen LogP contribution in [0, 0.1) is 5.92 Å². The van der Waals surface area contributed by atoms with Crippen LogP contribution in [0.25, 0.3) is 0 Å². The van der Waals surface area contributed by atoms with E-state index in [0.717, 1.165) is 45.4 Å². The van der Waals surface area contributed by atoms with Crippen LogP contribution in [0.3, 0.4) is 0 Å². The Morgan fingerprint density at radius 2 is 1.89 bits per heavy atom. The van der Waals surface area contributed by atoms with Gasteiger partial charge in [-0.2, -0.15) is 0 Å². The SMILES string of the molecule is CC(NCC1CCOCC1)C(=O)NC1CCCC1. The van der Waals surface area contributed by atoms with E-state index in [9.17, 15) is 4.79 Å². The summed E-state index contributed by atoms with van der Waals surface area (Å²) in [6.07, 6.45) is 7.05. The third-order valence-corrected chi connectivity index (χ3v) is 4.15. The molecule has 2 rings (SSSR count). The molecule has 1 aliphatic heterocycles. The molecule has 1 saturated carbocycles. The van der Waals surface area contributed by atoms with Crippen LogP contribution in [0.2, 0.25) is 0 Å². The van der Waals surface area contributed by atoms with E-state index < -0.39 is 0 Å². The summed E-state index contributed by atoms with van der Waals surface area (Å²) in [5.41, 5.74) is 0. The van der Waals surface area contributed by atoms with Gasteiger partial charge in [-0.3, -0.25) is 4.79 Å². The summed E-state index contributed by atoms with van der Waals surface area (Å²) in [6, 6.07) is 0.346. The lowest BCUT2D eigenvalue weighted by molar-refractivity contribution is -0.123. The van der Waals surface area contributed by atoms with Crippen LogP contribution in [-0.2, 0) is 9.53 Å². The zero-order chi connectivity index (χ0) is 12.8. The molecule has 1 atom stereocenters. The lowest BCUT2D eigenvalue weighted by Crippen LogP contribution is -2.47. The van der Waals surface area contributed by atoms with Gasteiger partial charge in [-0.25, -0.2) is 0 Å². The second kappa shape index (κ2) is 7.10. The van der Waals surface area contributed by atoms with Crippen LogP contribution in [-0.4, -0.2) is 37.7 Å². The first-order valence-corrected chi connectivity index (χ1v) is 7.37. The Labute approximate surface area is 110 Å². The van der Waals surface area contributed by atoms with Crippen molar-refractivity contribution in [1.29, 1.82) is 0 Å². The van der Waals surface area contributed by atoms with Crippen molar-refractivity contribution in [2.75, 3.05) is 19.8 Å². The lowest BCUT2D eigenvalue weighted by Gasteiger charge is -2.24. The van der Waals surface area contributed by atoms with Gasteiger partial charge in [0.2, 0.25) is 5.91 Å². The number of amides is 1. The van der Waals surface area contributed by atoms with Crippen LogP contribution in [0.4, 0.5) is 0 Å². The molecule has 104 valence electrons. The maximum absolute atomic E-state index is 12.0. The van der Waals surface area contributed by atoms with Gasteiger partial charge >= 0.3 is 0 Å². The molecule has 18 heavy (non-hydrogen) atoms. The van der Waals surface area contributed by atoms with Gasteiger partial charge in [0.1, 0.15) is 0 Å². The monoisotopic (exact) mass is 254 g/mol. The van der Waals surface area contributed by atoms with Crippen molar-refractivity contribution >= 4 is 5.91 Å². The predicted molar refractivity (Wildman–Crippen MR) is 71.4 cm³/mol. The van der Waals surface area contributed by atoms with E-state index in [1.165, 1.54) is 12.8 Å². The molecule has 4 nitrogen and oxygen atoms in total. The van der Waals surface area contributed by atoms with E-state index in [4.69, 9.17) is 4.74 Å². The Balaban J connectivity index is 1.63. The molecular weight excluding hydrogens is 228 g/mol. The van der Waals surface area contributed by atoms with Crippen molar-refractivity contribution in [2.24, 2.45) is 5.92 Å². The first-order chi connectivity index (χ1) is 8.75.